The molecule has 5 N–H and O–H groups in total. The van der Waals surface area contributed by atoms with E-state index in [0.717, 1.165) is 6.42 Å². The maximum atomic E-state index is 10.4. The Morgan fingerprint density at radius 1 is 1.36 bits per heavy atom. The second-order valence-corrected chi connectivity index (χ2v) is 5.90. The predicted molar refractivity (Wildman–Crippen MR) is 74.4 cm³/mol. The smallest absolute Gasteiger partial charge is 0.167 e. The molecule has 1 aliphatic heterocycles. The summed E-state index contributed by atoms with van der Waals surface area (Å²) in [5, 5.41) is 30.2. The van der Waals surface area contributed by atoms with E-state index in [1.807, 2.05) is 0 Å². The fourth-order valence-electron chi connectivity index (χ4n) is 3.51. The molecule has 1 spiro atoms. The van der Waals surface area contributed by atoms with Crippen LogP contribution in [-0.4, -0.2) is 59.3 Å². The second-order valence-electron chi connectivity index (χ2n) is 5.90. The number of aromatic nitrogens is 4. The number of ether oxygens (including phenoxy) is 1. The summed E-state index contributed by atoms with van der Waals surface area (Å²) in [7, 11) is 0. The van der Waals surface area contributed by atoms with Crippen molar-refractivity contribution in [2.24, 2.45) is 5.92 Å². The van der Waals surface area contributed by atoms with Gasteiger partial charge in [0.25, 0.3) is 0 Å². The quantitative estimate of drug-likeness (QED) is 0.542. The van der Waals surface area contributed by atoms with Crippen molar-refractivity contribution >= 4 is 17.0 Å². The van der Waals surface area contributed by atoms with E-state index in [2.05, 4.69) is 15.0 Å². The number of imidazole rings is 1. The van der Waals surface area contributed by atoms with Gasteiger partial charge in [-0.1, -0.05) is 0 Å². The zero-order valence-electron chi connectivity index (χ0n) is 11.7. The minimum absolute atomic E-state index is 0.0870. The van der Waals surface area contributed by atoms with Gasteiger partial charge in [0, 0.05) is 12.5 Å². The van der Waals surface area contributed by atoms with E-state index in [1.165, 1.54) is 12.7 Å². The van der Waals surface area contributed by atoms with Gasteiger partial charge in [-0.2, -0.15) is 0 Å². The van der Waals surface area contributed by atoms with Crippen LogP contribution in [0.15, 0.2) is 12.7 Å². The number of hydrogen-bond donors (Lipinski definition) is 4. The van der Waals surface area contributed by atoms with Crippen LogP contribution >= 0.6 is 0 Å². The van der Waals surface area contributed by atoms with E-state index >= 15 is 0 Å². The maximum absolute atomic E-state index is 10.4. The molecule has 118 valence electrons. The van der Waals surface area contributed by atoms with Gasteiger partial charge in [-0.25, -0.2) is 15.0 Å². The molecule has 5 atom stereocenters. The Labute approximate surface area is 125 Å². The van der Waals surface area contributed by atoms with E-state index in [0.29, 0.717) is 17.6 Å². The van der Waals surface area contributed by atoms with Crippen LogP contribution in [0.4, 0.5) is 5.82 Å². The van der Waals surface area contributed by atoms with Crippen molar-refractivity contribution in [2.45, 2.75) is 36.9 Å². The first-order chi connectivity index (χ1) is 10.6. The molecule has 4 rings (SSSR count). The van der Waals surface area contributed by atoms with Crippen LogP contribution in [0.2, 0.25) is 0 Å². The number of aliphatic hydroxyl groups is 3. The molecule has 9 nitrogen and oxygen atoms in total. The molecule has 2 aromatic rings. The van der Waals surface area contributed by atoms with Crippen molar-refractivity contribution in [2.75, 3.05) is 12.3 Å². The van der Waals surface area contributed by atoms with Crippen LogP contribution in [-0.2, 0) is 4.74 Å². The van der Waals surface area contributed by atoms with Crippen molar-refractivity contribution in [3.8, 4) is 0 Å². The number of rotatable bonds is 2. The van der Waals surface area contributed by atoms with Gasteiger partial charge in [0.05, 0.1) is 6.33 Å². The average molecular weight is 307 g/mol. The Bertz CT molecular complexity index is 720. The SMILES string of the molecule is Nc1ncnc2c1ncn2C1O[C@@]2(CC[C@H]2CO)C(O)C1O. The molecule has 1 saturated carbocycles. The molecule has 0 amide bonds. The minimum Gasteiger partial charge on any atom is -0.396 e. The zero-order valence-corrected chi connectivity index (χ0v) is 11.7. The van der Waals surface area contributed by atoms with Crippen molar-refractivity contribution in [1.82, 2.24) is 19.5 Å². The lowest BCUT2D eigenvalue weighted by atomic mass is 9.66. The Kier molecular flexibility index (Phi) is 2.89. The summed E-state index contributed by atoms with van der Waals surface area (Å²) in [5.41, 5.74) is 5.69. The number of anilines is 1. The Balaban J connectivity index is 1.75. The summed E-state index contributed by atoms with van der Waals surface area (Å²) in [4.78, 5) is 12.1. The van der Waals surface area contributed by atoms with Gasteiger partial charge in [0.2, 0.25) is 0 Å². The number of fused-ring (bicyclic) bond motifs is 1. The molecule has 2 aromatic heterocycles. The van der Waals surface area contributed by atoms with Gasteiger partial charge in [-0.3, -0.25) is 4.57 Å². The van der Waals surface area contributed by atoms with Crippen LogP contribution in [0.25, 0.3) is 11.2 Å². The largest absolute Gasteiger partial charge is 0.396 e. The fraction of sp³-hybridized carbons (Fsp3) is 0.615. The molecule has 3 heterocycles. The number of nitrogens with two attached hydrogens (primary N) is 1. The Morgan fingerprint density at radius 2 is 2.18 bits per heavy atom. The summed E-state index contributed by atoms with van der Waals surface area (Å²) < 4.78 is 7.51. The molecule has 2 aliphatic rings. The van der Waals surface area contributed by atoms with E-state index in [9.17, 15) is 15.3 Å². The fourth-order valence-corrected chi connectivity index (χ4v) is 3.51. The van der Waals surface area contributed by atoms with Gasteiger partial charge in [-0.15, -0.1) is 0 Å². The second kappa shape index (κ2) is 4.59. The third kappa shape index (κ3) is 1.59. The van der Waals surface area contributed by atoms with Crippen LogP contribution in [0.3, 0.4) is 0 Å². The molecule has 9 heteroatoms. The van der Waals surface area contributed by atoms with Crippen molar-refractivity contribution in [3.05, 3.63) is 12.7 Å². The lowest BCUT2D eigenvalue weighted by Crippen LogP contribution is -2.57. The molecule has 22 heavy (non-hydrogen) atoms. The van der Waals surface area contributed by atoms with Gasteiger partial charge in [-0.05, 0) is 12.8 Å². The summed E-state index contributed by atoms with van der Waals surface area (Å²) in [5.74, 6) is 0.0556. The van der Waals surface area contributed by atoms with Crippen LogP contribution < -0.4 is 5.73 Å². The highest BCUT2D eigenvalue weighted by atomic mass is 16.6. The first kappa shape index (κ1) is 13.8. The van der Waals surface area contributed by atoms with Crippen molar-refractivity contribution in [1.29, 1.82) is 0 Å². The third-order valence-corrected chi connectivity index (χ3v) is 4.91. The summed E-state index contributed by atoms with van der Waals surface area (Å²) in [6.07, 6.45) is 1.08. The first-order valence-corrected chi connectivity index (χ1v) is 7.16. The van der Waals surface area contributed by atoms with Crippen LogP contribution in [0.1, 0.15) is 19.1 Å². The monoisotopic (exact) mass is 307 g/mol. The maximum Gasteiger partial charge on any atom is 0.167 e. The van der Waals surface area contributed by atoms with Gasteiger partial charge in [0.15, 0.2) is 17.7 Å². The highest BCUT2D eigenvalue weighted by molar-refractivity contribution is 5.81. The van der Waals surface area contributed by atoms with E-state index in [-0.39, 0.29) is 18.3 Å². The summed E-state index contributed by atoms with van der Waals surface area (Å²) >= 11 is 0. The van der Waals surface area contributed by atoms with Gasteiger partial charge < -0.3 is 25.8 Å². The third-order valence-electron chi connectivity index (χ3n) is 4.91. The van der Waals surface area contributed by atoms with Crippen LogP contribution in [0, 0.1) is 5.92 Å². The lowest BCUT2D eigenvalue weighted by molar-refractivity contribution is -0.194. The highest BCUT2D eigenvalue weighted by Gasteiger charge is 2.62. The summed E-state index contributed by atoms with van der Waals surface area (Å²) in [6, 6.07) is 0. The van der Waals surface area contributed by atoms with E-state index in [4.69, 9.17) is 10.5 Å². The molecule has 1 aliphatic carbocycles. The number of nitrogen functional groups attached to an aromatic ring is 1. The Morgan fingerprint density at radius 3 is 2.86 bits per heavy atom. The molecule has 2 fully saturated rings. The Hall–Kier alpha value is -1.81. The first-order valence-electron chi connectivity index (χ1n) is 7.16. The molecular formula is C13H17N5O4. The average Bonchev–Trinajstić information content (AvgIpc) is 3.02. The predicted octanol–water partition coefficient (Wildman–Crippen LogP) is -1.20. The molecule has 0 radical (unpaired) electrons. The normalized spacial score (nSPS) is 37.8. The number of aliphatic hydroxyl groups excluding tert-OH is 3. The van der Waals surface area contributed by atoms with Crippen LogP contribution in [0.5, 0.6) is 0 Å². The molecule has 0 bridgehead atoms. The van der Waals surface area contributed by atoms with E-state index in [1.54, 1.807) is 4.57 Å². The molecule has 0 aromatic carbocycles. The zero-order chi connectivity index (χ0) is 15.5. The molecule has 1 saturated heterocycles. The topological polar surface area (TPSA) is 140 Å². The molecular weight excluding hydrogens is 290 g/mol. The number of hydrogen-bond acceptors (Lipinski definition) is 8. The van der Waals surface area contributed by atoms with Gasteiger partial charge >= 0.3 is 0 Å². The van der Waals surface area contributed by atoms with Crippen molar-refractivity contribution in [3.63, 3.8) is 0 Å². The van der Waals surface area contributed by atoms with E-state index < -0.39 is 24.0 Å². The molecule has 3 unspecified atom stereocenters. The lowest BCUT2D eigenvalue weighted by Gasteiger charge is -2.47. The number of nitrogens with zero attached hydrogens (tertiary/aromatic N) is 4. The van der Waals surface area contributed by atoms with Gasteiger partial charge in [0.1, 0.15) is 29.7 Å². The summed E-state index contributed by atoms with van der Waals surface area (Å²) in [6.45, 7) is -0.0870. The standard InChI is InChI=1S/C13H17N5O4/c14-10-7-11(16-4-15-10)18(5-17-7)12-8(20)9(21)13(22-12)2-1-6(13)3-19/h4-6,8-9,12,19-21H,1-3H2,(H2,14,15,16)/t6-,8?,9?,12?,13+/m0/s1. The minimum atomic E-state index is -1.14. The van der Waals surface area contributed by atoms with Crippen molar-refractivity contribution < 1.29 is 20.1 Å². The highest BCUT2D eigenvalue weighted by Crippen LogP contribution is 2.52.